The minimum Gasteiger partial charge on any atom is -0.447 e. The molecular formula is C15H16Cl2N2O4S. The molecule has 1 aliphatic heterocycles. The van der Waals surface area contributed by atoms with E-state index in [0.29, 0.717) is 12.8 Å². The van der Waals surface area contributed by atoms with Gasteiger partial charge in [-0.2, -0.15) is 9.57 Å². The van der Waals surface area contributed by atoms with Crippen molar-refractivity contribution in [1.82, 2.24) is 4.31 Å². The quantitative estimate of drug-likeness (QED) is 0.737. The van der Waals surface area contributed by atoms with E-state index in [0.717, 1.165) is 0 Å². The standard InChI is InChI=1S/C15H16Cl2N2O4S/c1-10(9-18)23-15(20)11-5-7-19(8-6-11)24(21,22)14-12(16)3-2-4-13(14)17/h2-4,10-11H,5-8H2,1H3/t10-/m1/s1. The first-order chi connectivity index (χ1) is 11.3. The molecule has 130 valence electrons. The number of halogens is 2. The molecule has 6 nitrogen and oxygen atoms in total. The molecule has 0 unspecified atom stereocenters. The van der Waals surface area contributed by atoms with Crippen molar-refractivity contribution in [1.29, 1.82) is 5.26 Å². The fourth-order valence-corrected chi connectivity index (χ4v) is 5.05. The number of esters is 1. The number of rotatable bonds is 4. The van der Waals surface area contributed by atoms with Crippen LogP contribution in [0.5, 0.6) is 0 Å². The van der Waals surface area contributed by atoms with Crippen LogP contribution < -0.4 is 0 Å². The lowest BCUT2D eigenvalue weighted by Crippen LogP contribution is -2.41. The zero-order valence-corrected chi connectivity index (χ0v) is 15.2. The summed E-state index contributed by atoms with van der Waals surface area (Å²) >= 11 is 12.0. The summed E-state index contributed by atoms with van der Waals surface area (Å²) in [6.45, 7) is 1.80. The highest BCUT2D eigenvalue weighted by molar-refractivity contribution is 7.89. The van der Waals surface area contributed by atoms with Gasteiger partial charge in [0.05, 0.1) is 16.0 Å². The molecule has 0 amide bonds. The number of nitriles is 1. The summed E-state index contributed by atoms with van der Waals surface area (Å²) in [4.78, 5) is 11.8. The predicted molar refractivity (Wildman–Crippen MR) is 89.1 cm³/mol. The SMILES string of the molecule is C[C@H](C#N)OC(=O)C1CCN(S(=O)(=O)c2c(Cl)cccc2Cl)CC1. The van der Waals surface area contributed by atoms with E-state index in [1.165, 1.54) is 23.4 Å². The molecule has 0 aromatic heterocycles. The second-order valence-corrected chi connectivity index (χ2v) is 8.13. The molecule has 1 aromatic carbocycles. The number of ether oxygens (including phenoxy) is 1. The Morgan fingerprint density at radius 1 is 1.33 bits per heavy atom. The van der Waals surface area contributed by atoms with Crippen LogP contribution in [-0.2, 0) is 19.6 Å². The number of benzene rings is 1. The second-order valence-electron chi connectivity index (χ2n) is 5.44. The summed E-state index contributed by atoms with van der Waals surface area (Å²) in [5.74, 6) is -0.897. The van der Waals surface area contributed by atoms with E-state index in [1.54, 1.807) is 6.07 Å². The van der Waals surface area contributed by atoms with E-state index < -0.39 is 28.0 Å². The van der Waals surface area contributed by atoms with Crippen molar-refractivity contribution in [2.24, 2.45) is 5.92 Å². The molecular weight excluding hydrogens is 375 g/mol. The van der Waals surface area contributed by atoms with Crippen LogP contribution in [0.2, 0.25) is 10.0 Å². The van der Waals surface area contributed by atoms with Crippen LogP contribution in [0, 0.1) is 17.2 Å². The van der Waals surface area contributed by atoms with Gasteiger partial charge in [-0.25, -0.2) is 8.42 Å². The summed E-state index contributed by atoms with van der Waals surface area (Å²) in [6.07, 6.45) is -0.183. The minimum absolute atomic E-state index is 0.0619. The number of carbonyl (C=O) groups excluding carboxylic acids is 1. The molecule has 1 aliphatic rings. The van der Waals surface area contributed by atoms with Gasteiger partial charge in [0.25, 0.3) is 0 Å². The van der Waals surface area contributed by atoms with Crippen LogP contribution in [0.3, 0.4) is 0 Å². The van der Waals surface area contributed by atoms with E-state index in [9.17, 15) is 13.2 Å². The molecule has 1 saturated heterocycles. The Morgan fingerprint density at radius 2 is 1.88 bits per heavy atom. The second kappa shape index (κ2) is 7.70. The number of hydrogen-bond acceptors (Lipinski definition) is 5. The summed E-state index contributed by atoms with van der Waals surface area (Å²) in [5, 5.41) is 8.79. The van der Waals surface area contributed by atoms with Gasteiger partial charge in [0.1, 0.15) is 11.0 Å². The lowest BCUT2D eigenvalue weighted by Gasteiger charge is -2.30. The molecule has 1 atom stereocenters. The van der Waals surface area contributed by atoms with E-state index in [-0.39, 0.29) is 28.0 Å². The van der Waals surface area contributed by atoms with Crippen LogP contribution >= 0.6 is 23.2 Å². The molecule has 0 radical (unpaired) electrons. The zero-order valence-electron chi connectivity index (χ0n) is 12.9. The number of piperidine rings is 1. The Labute approximate surface area is 151 Å². The number of sulfonamides is 1. The van der Waals surface area contributed by atoms with Crippen molar-refractivity contribution in [2.45, 2.75) is 30.8 Å². The van der Waals surface area contributed by atoms with Crippen molar-refractivity contribution in [3.8, 4) is 6.07 Å². The van der Waals surface area contributed by atoms with Gasteiger partial charge in [-0.05, 0) is 31.9 Å². The van der Waals surface area contributed by atoms with E-state index in [2.05, 4.69) is 0 Å². The fraction of sp³-hybridized carbons (Fsp3) is 0.467. The van der Waals surface area contributed by atoms with Gasteiger partial charge in [0.2, 0.25) is 10.0 Å². The first-order valence-corrected chi connectivity index (χ1v) is 9.51. The zero-order chi connectivity index (χ0) is 17.9. The molecule has 0 saturated carbocycles. The van der Waals surface area contributed by atoms with E-state index in [4.69, 9.17) is 33.2 Å². The van der Waals surface area contributed by atoms with Gasteiger partial charge in [0.15, 0.2) is 6.10 Å². The molecule has 1 heterocycles. The summed E-state index contributed by atoms with van der Waals surface area (Å²) in [5.41, 5.74) is 0. The third-order valence-electron chi connectivity index (χ3n) is 3.78. The lowest BCUT2D eigenvalue weighted by atomic mass is 9.98. The highest BCUT2D eigenvalue weighted by Crippen LogP contribution is 2.33. The molecule has 0 aliphatic carbocycles. The van der Waals surface area contributed by atoms with Gasteiger partial charge in [-0.15, -0.1) is 0 Å². The van der Waals surface area contributed by atoms with E-state index >= 15 is 0 Å². The monoisotopic (exact) mass is 390 g/mol. The van der Waals surface area contributed by atoms with Crippen molar-refractivity contribution in [2.75, 3.05) is 13.1 Å². The third-order valence-corrected chi connectivity index (χ3v) is 6.63. The lowest BCUT2D eigenvalue weighted by molar-refractivity contribution is -0.152. The topological polar surface area (TPSA) is 87.5 Å². The summed E-state index contributed by atoms with van der Waals surface area (Å²) in [7, 11) is -3.84. The normalized spacial score (nSPS) is 17.9. The maximum Gasteiger partial charge on any atom is 0.310 e. The smallest absolute Gasteiger partial charge is 0.310 e. The Balaban J connectivity index is 2.09. The maximum atomic E-state index is 12.7. The molecule has 0 N–H and O–H groups in total. The predicted octanol–water partition coefficient (Wildman–Crippen LogP) is 2.85. The molecule has 1 fully saturated rings. The maximum absolute atomic E-state index is 12.7. The van der Waals surface area contributed by atoms with Crippen LogP contribution in [0.25, 0.3) is 0 Å². The first kappa shape index (κ1) is 19.0. The van der Waals surface area contributed by atoms with Crippen molar-refractivity contribution in [3.05, 3.63) is 28.2 Å². The molecule has 1 aromatic rings. The van der Waals surface area contributed by atoms with Crippen molar-refractivity contribution in [3.63, 3.8) is 0 Å². The molecule has 9 heteroatoms. The van der Waals surface area contributed by atoms with Crippen LogP contribution in [-0.4, -0.2) is 37.9 Å². The van der Waals surface area contributed by atoms with Crippen LogP contribution in [0.15, 0.2) is 23.1 Å². The average molecular weight is 391 g/mol. The molecule has 2 rings (SSSR count). The Hall–Kier alpha value is -1.33. The van der Waals surface area contributed by atoms with Crippen molar-refractivity contribution >= 4 is 39.2 Å². The average Bonchev–Trinajstić information content (AvgIpc) is 2.54. The summed E-state index contributed by atoms with van der Waals surface area (Å²) in [6, 6.07) is 6.33. The van der Waals surface area contributed by atoms with Gasteiger partial charge in [-0.1, -0.05) is 29.3 Å². The van der Waals surface area contributed by atoms with Gasteiger partial charge in [0, 0.05) is 13.1 Å². The Bertz CT molecular complexity index is 748. The third kappa shape index (κ3) is 4.01. The number of hydrogen-bond donors (Lipinski definition) is 0. The van der Waals surface area contributed by atoms with Gasteiger partial charge in [-0.3, -0.25) is 4.79 Å². The summed E-state index contributed by atoms with van der Waals surface area (Å²) < 4.78 is 31.7. The van der Waals surface area contributed by atoms with Crippen molar-refractivity contribution < 1.29 is 17.9 Å². The van der Waals surface area contributed by atoms with Gasteiger partial charge >= 0.3 is 5.97 Å². The van der Waals surface area contributed by atoms with E-state index in [1.807, 2.05) is 6.07 Å². The Kier molecular flexibility index (Phi) is 6.10. The number of nitrogens with zero attached hydrogens (tertiary/aromatic N) is 2. The minimum atomic E-state index is -3.84. The van der Waals surface area contributed by atoms with Crippen LogP contribution in [0.4, 0.5) is 0 Å². The van der Waals surface area contributed by atoms with Crippen LogP contribution in [0.1, 0.15) is 19.8 Å². The first-order valence-electron chi connectivity index (χ1n) is 7.31. The Morgan fingerprint density at radius 3 is 2.38 bits per heavy atom. The highest BCUT2D eigenvalue weighted by Gasteiger charge is 2.35. The fourth-order valence-electron chi connectivity index (χ4n) is 2.49. The largest absolute Gasteiger partial charge is 0.447 e. The highest BCUT2D eigenvalue weighted by atomic mass is 35.5. The molecule has 0 bridgehead atoms. The molecule has 0 spiro atoms. The number of carbonyl (C=O) groups is 1. The molecule has 24 heavy (non-hydrogen) atoms. The van der Waals surface area contributed by atoms with Gasteiger partial charge < -0.3 is 4.74 Å².